The molecule has 0 aromatic heterocycles. The van der Waals surface area contributed by atoms with Gasteiger partial charge >= 0.3 is 5.97 Å². The molecule has 0 saturated carbocycles. The van der Waals surface area contributed by atoms with Gasteiger partial charge in [-0.05, 0) is 51.3 Å². The van der Waals surface area contributed by atoms with Gasteiger partial charge in [-0.1, -0.05) is 12.1 Å². The molecule has 5 nitrogen and oxygen atoms in total. The van der Waals surface area contributed by atoms with E-state index >= 15 is 0 Å². The largest absolute Gasteiger partial charge is 0.494 e. The van der Waals surface area contributed by atoms with Crippen LogP contribution in [0.25, 0.3) is 0 Å². The molecule has 3 rings (SSSR count). The zero-order valence-electron chi connectivity index (χ0n) is 15.6. The van der Waals surface area contributed by atoms with Gasteiger partial charge in [0.2, 0.25) is 0 Å². The first-order valence-electron chi connectivity index (χ1n) is 9.27. The number of allylic oxidation sites excluding steroid dienone is 2. The quantitative estimate of drug-likeness (QED) is 0.753. The second-order valence-corrected chi connectivity index (χ2v) is 6.60. The zero-order chi connectivity index (χ0) is 18.7. The summed E-state index contributed by atoms with van der Waals surface area (Å²) in [5.74, 6) is -0.360. The fourth-order valence-electron chi connectivity index (χ4n) is 3.84. The molecule has 5 heteroatoms. The number of hydrogen-bond donors (Lipinski definition) is 0. The summed E-state index contributed by atoms with van der Waals surface area (Å²) in [5.41, 5.74) is 3.15. The average Bonchev–Trinajstić information content (AvgIpc) is 2.62. The molecule has 0 saturated heterocycles. The van der Waals surface area contributed by atoms with Crippen LogP contribution in [-0.2, 0) is 14.3 Å². The smallest absolute Gasteiger partial charge is 0.315 e. The summed E-state index contributed by atoms with van der Waals surface area (Å²) < 4.78 is 10.8. The molecule has 1 aliphatic carbocycles. The minimum atomic E-state index is -0.561. The number of Topliss-reactive ketones (excluding diaryl/α,β-unsaturated/α-hetero) is 1. The van der Waals surface area contributed by atoms with Crippen LogP contribution in [0.3, 0.4) is 0 Å². The Labute approximate surface area is 154 Å². The molecule has 2 atom stereocenters. The lowest BCUT2D eigenvalue weighted by Gasteiger charge is -2.34. The molecule has 0 fully saturated rings. The fraction of sp³-hybridized carbons (Fsp3) is 0.476. The van der Waals surface area contributed by atoms with Crippen LogP contribution < -0.4 is 4.74 Å². The lowest BCUT2D eigenvalue weighted by Crippen LogP contribution is -2.37. The Bertz CT molecular complexity index is 761. The van der Waals surface area contributed by atoms with Crippen molar-refractivity contribution in [2.75, 3.05) is 13.2 Å². The predicted molar refractivity (Wildman–Crippen MR) is 99.5 cm³/mol. The van der Waals surface area contributed by atoms with Crippen molar-refractivity contribution < 1.29 is 19.1 Å². The van der Waals surface area contributed by atoms with Crippen molar-refractivity contribution in [2.45, 2.75) is 46.0 Å². The van der Waals surface area contributed by atoms with Crippen LogP contribution in [0.2, 0.25) is 0 Å². The molecule has 138 valence electrons. The van der Waals surface area contributed by atoms with Crippen LogP contribution in [0, 0.1) is 5.92 Å². The maximum absolute atomic E-state index is 12.7. The SMILES string of the molecule is CCOC(=O)[C@@H]1C(C)=NC2=C(C(=O)CCC2)[C@@H]1c1ccc(OCC)cc1. The number of benzene rings is 1. The van der Waals surface area contributed by atoms with Crippen molar-refractivity contribution >= 4 is 17.5 Å². The number of aliphatic imine (C=N–C) groups is 1. The van der Waals surface area contributed by atoms with Crippen molar-refractivity contribution in [3.05, 3.63) is 41.1 Å². The minimum Gasteiger partial charge on any atom is -0.494 e. The van der Waals surface area contributed by atoms with Gasteiger partial charge in [0.05, 0.1) is 13.2 Å². The van der Waals surface area contributed by atoms with E-state index in [1.807, 2.05) is 38.1 Å². The third-order valence-electron chi connectivity index (χ3n) is 4.93. The number of ether oxygens (including phenoxy) is 2. The van der Waals surface area contributed by atoms with E-state index in [2.05, 4.69) is 4.99 Å². The number of nitrogens with zero attached hydrogens (tertiary/aromatic N) is 1. The summed E-state index contributed by atoms with van der Waals surface area (Å²) in [6.07, 6.45) is 2.10. The van der Waals surface area contributed by atoms with Crippen LogP contribution >= 0.6 is 0 Å². The maximum Gasteiger partial charge on any atom is 0.315 e. The molecule has 0 unspecified atom stereocenters. The molecule has 1 aliphatic heterocycles. The normalized spacial score (nSPS) is 22.6. The van der Waals surface area contributed by atoms with Crippen molar-refractivity contribution in [3.8, 4) is 5.75 Å². The Kier molecular flexibility index (Phi) is 5.55. The maximum atomic E-state index is 12.7. The summed E-state index contributed by atoms with van der Waals surface area (Å²) in [6.45, 7) is 6.47. The molecule has 1 heterocycles. The average molecular weight is 355 g/mol. The number of rotatable bonds is 5. The van der Waals surface area contributed by atoms with E-state index in [-0.39, 0.29) is 17.7 Å². The van der Waals surface area contributed by atoms with Crippen molar-refractivity contribution in [1.82, 2.24) is 0 Å². The highest BCUT2D eigenvalue weighted by Gasteiger charge is 2.42. The summed E-state index contributed by atoms with van der Waals surface area (Å²) in [6, 6.07) is 7.64. The van der Waals surface area contributed by atoms with Gasteiger partial charge < -0.3 is 9.47 Å². The van der Waals surface area contributed by atoms with Crippen LogP contribution in [0.15, 0.2) is 40.5 Å². The topological polar surface area (TPSA) is 65.0 Å². The van der Waals surface area contributed by atoms with Crippen molar-refractivity contribution in [2.24, 2.45) is 10.9 Å². The van der Waals surface area contributed by atoms with Crippen LogP contribution in [0.1, 0.15) is 51.5 Å². The van der Waals surface area contributed by atoms with Crippen LogP contribution in [-0.4, -0.2) is 30.7 Å². The molecule has 26 heavy (non-hydrogen) atoms. The molecular weight excluding hydrogens is 330 g/mol. The second kappa shape index (κ2) is 7.85. The molecule has 0 N–H and O–H groups in total. The Balaban J connectivity index is 2.07. The van der Waals surface area contributed by atoms with Gasteiger partial charge in [0.25, 0.3) is 0 Å². The Hall–Kier alpha value is -2.43. The summed E-state index contributed by atoms with van der Waals surface area (Å²) >= 11 is 0. The van der Waals surface area contributed by atoms with Gasteiger partial charge in [0.15, 0.2) is 5.78 Å². The summed E-state index contributed by atoms with van der Waals surface area (Å²) in [5, 5.41) is 0. The van der Waals surface area contributed by atoms with E-state index < -0.39 is 5.92 Å². The first kappa shape index (κ1) is 18.4. The molecule has 1 aromatic rings. The number of ketones is 1. The van der Waals surface area contributed by atoms with Gasteiger partial charge in [-0.15, -0.1) is 0 Å². The van der Waals surface area contributed by atoms with Gasteiger partial charge in [-0.2, -0.15) is 0 Å². The minimum absolute atomic E-state index is 0.0932. The van der Waals surface area contributed by atoms with Crippen LogP contribution in [0.4, 0.5) is 0 Å². The predicted octanol–water partition coefficient (Wildman–Crippen LogP) is 3.83. The van der Waals surface area contributed by atoms with E-state index in [0.717, 1.165) is 35.6 Å². The molecular formula is C21H25NO4. The highest BCUT2D eigenvalue weighted by molar-refractivity contribution is 6.08. The standard InChI is InChI=1S/C21H25NO4/c1-4-25-15-11-9-14(10-12-15)19-18(21(24)26-5-2)13(3)22-16-7-6-8-17(23)20(16)19/h9-12,18-19H,4-8H2,1-3H3/t18-,19-/m1/s1. The van der Waals surface area contributed by atoms with Gasteiger partial charge in [0, 0.05) is 29.3 Å². The van der Waals surface area contributed by atoms with Gasteiger partial charge in [0.1, 0.15) is 11.7 Å². The van der Waals surface area contributed by atoms with Gasteiger partial charge in [-0.25, -0.2) is 0 Å². The Morgan fingerprint density at radius 3 is 2.54 bits per heavy atom. The number of carbonyl (C=O) groups is 2. The third kappa shape index (κ3) is 3.43. The zero-order valence-corrected chi connectivity index (χ0v) is 15.6. The lowest BCUT2D eigenvalue weighted by molar-refractivity contribution is -0.146. The molecule has 0 bridgehead atoms. The van der Waals surface area contributed by atoms with Crippen LogP contribution in [0.5, 0.6) is 5.75 Å². The first-order chi connectivity index (χ1) is 12.6. The highest BCUT2D eigenvalue weighted by Crippen LogP contribution is 2.43. The molecule has 0 amide bonds. The fourth-order valence-corrected chi connectivity index (χ4v) is 3.84. The molecule has 0 radical (unpaired) electrons. The lowest BCUT2D eigenvalue weighted by atomic mass is 9.72. The Morgan fingerprint density at radius 1 is 1.15 bits per heavy atom. The van der Waals surface area contributed by atoms with E-state index in [9.17, 15) is 9.59 Å². The van der Waals surface area contributed by atoms with E-state index in [1.54, 1.807) is 6.92 Å². The molecule has 0 spiro atoms. The monoisotopic (exact) mass is 355 g/mol. The number of carbonyl (C=O) groups excluding carboxylic acids is 2. The van der Waals surface area contributed by atoms with Gasteiger partial charge in [-0.3, -0.25) is 14.6 Å². The highest BCUT2D eigenvalue weighted by atomic mass is 16.5. The summed E-state index contributed by atoms with van der Waals surface area (Å²) in [4.78, 5) is 30.0. The van der Waals surface area contributed by atoms with E-state index in [0.29, 0.717) is 25.2 Å². The summed E-state index contributed by atoms with van der Waals surface area (Å²) in [7, 11) is 0. The molecule has 1 aromatic carbocycles. The number of hydrogen-bond acceptors (Lipinski definition) is 5. The van der Waals surface area contributed by atoms with E-state index in [1.165, 1.54) is 0 Å². The number of esters is 1. The van der Waals surface area contributed by atoms with Crippen molar-refractivity contribution in [3.63, 3.8) is 0 Å². The third-order valence-corrected chi connectivity index (χ3v) is 4.93. The first-order valence-corrected chi connectivity index (χ1v) is 9.27. The Morgan fingerprint density at radius 2 is 1.88 bits per heavy atom. The van der Waals surface area contributed by atoms with E-state index in [4.69, 9.17) is 9.47 Å². The molecule has 2 aliphatic rings. The van der Waals surface area contributed by atoms with Crippen molar-refractivity contribution in [1.29, 1.82) is 0 Å². The second-order valence-electron chi connectivity index (χ2n) is 6.60.